The van der Waals surface area contributed by atoms with Crippen LogP contribution in [0.25, 0.3) is 0 Å². The molecule has 2 atom stereocenters. The number of nitro groups is 1. The molecule has 0 aliphatic carbocycles. The van der Waals surface area contributed by atoms with Crippen molar-refractivity contribution >= 4 is 31.6 Å². The topological polar surface area (TPSA) is 122 Å². The highest BCUT2D eigenvalue weighted by Gasteiger charge is 2.39. The molecule has 2 unspecified atom stereocenters. The lowest BCUT2D eigenvalue weighted by atomic mass is 9.93. The summed E-state index contributed by atoms with van der Waals surface area (Å²) < 4.78 is 73.7. The van der Waals surface area contributed by atoms with Crippen LogP contribution in [0.3, 0.4) is 0 Å². The molecule has 13 heteroatoms. The molecule has 0 bridgehead atoms. The minimum absolute atomic E-state index is 0.296. The van der Waals surface area contributed by atoms with Crippen molar-refractivity contribution in [1.82, 2.24) is 4.72 Å². The summed E-state index contributed by atoms with van der Waals surface area (Å²) in [4.78, 5) is 9.61. The molecule has 0 aliphatic rings. The van der Waals surface area contributed by atoms with Gasteiger partial charge in [-0.1, -0.05) is 28.1 Å². The van der Waals surface area contributed by atoms with Gasteiger partial charge in [0.25, 0.3) is 12.1 Å². The number of para-hydroxylation sites is 1. The fourth-order valence-electron chi connectivity index (χ4n) is 2.69. The van der Waals surface area contributed by atoms with Gasteiger partial charge >= 0.3 is 0 Å². The zero-order valence-corrected chi connectivity index (χ0v) is 18.2. The number of rotatable bonds is 9. The Hall–Kier alpha value is -2.53. The van der Waals surface area contributed by atoms with Gasteiger partial charge in [-0.25, -0.2) is 21.6 Å². The van der Waals surface area contributed by atoms with Crippen LogP contribution in [0.15, 0.2) is 51.8 Å². The molecule has 0 saturated heterocycles. The van der Waals surface area contributed by atoms with E-state index in [-0.39, 0.29) is 5.56 Å². The van der Waals surface area contributed by atoms with Crippen LogP contribution in [0, 0.1) is 27.3 Å². The third-order valence-electron chi connectivity index (χ3n) is 4.14. The van der Waals surface area contributed by atoms with Crippen LogP contribution >= 0.6 is 15.9 Å². The van der Waals surface area contributed by atoms with Crippen LogP contribution in [-0.4, -0.2) is 32.5 Å². The lowest BCUT2D eigenvalue weighted by molar-refractivity contribution is -0.387. The minimum Gasteiger partial charge on any atom is -0.355 e. The average Bonchev–Trinajstić information content (AvgIpc) is 2.69. The molecule has 0 aliphatic heterocycles. The highest BCUT2D eigenvalue weighted by molar-refractivity contribution is 9.10. The van der Waals surface area contributed by atoms with E-state index in [9.17, 15) is 31.7 Å². The molecule has 166 valence electrons. The van der Waals surface area contributed by atoms with Gasteiger partial charge in [-0.3, -0.25) is 10.1 Å². The second-order valence-electron chi connectivity index (χ2n) is 6.48. The van der Waals surface area contributed by atoms with Crippen molar-refractivity contribution < 1.29 is 31.2 Å². The van der Waals surface area contributed by atoms with Crippen LogP contribution in [0.1, 0.15) is 12.5 Å². The second-order valence-corrected chi connectivity index (χ2v) is 9.05. The van der Waals surface area contributed by atoms with E-state index in [1.807, 2.05) is 0 Å². The van der Waals surface area contributed by atoms with E-state index in [1.54, 1.807) is 0 Å². The fourth-order valence-corrected chi connectivity index (χ4v) is 4.60. The van der Waals surface area contributed by atoms with E-state index in [1.165, 1.54) is 30.3 Å². The number of hydrogen-bond donors (Lipinski definition) is 1. The third-order valence-corrected chi connectivity index (χ3v) is 6.28. The summed E-state index contributed by atoms with van der Waals surface area (Å²) in [5.41, 5.74) is -3.05. The van der Waals surface area contributed by atoms with Crippen LogP contribution < -0.4 is 4.72 Å². The maximum absolute atomic E-state index is 14.6. The van der Waals surface area contributed by atoms with Crippen molar-refractivity contribution in [2.45, 2.75) is 29.9 Å². The number of hydrogen-bond acceptors (Lipinski definition) is 6. The Morgan fingerprint density at radius 3 is 2.55 bits per heavy atom. The number of nitrogens with zero attached hydrogens (tertiary/aromatic N) is 2. The molecular weight excluding hydrogens is 507 g/mol. The predicted octanol–water partition coefficient (Wildman–Crippen LogP) is 3.86. The zero-order chi connectivity index (χ0) is 23.4. The first-order chi connectivity index (χ1) is 14.4. The van der Waals surface area contributed by atoms with Crippen LogP contribution in [0.2, 0.25) is 0 Å². The maximum atomic E-state index is 14.6. The molecule has 31 heavy (non-hydrogen) atoms. The van der Waals surface area contributed by atoms with Gasteiger partial charge in [-0.15, -0.1) is 0 Å². The van der Waals surface area contributed by atoms with Crippen molar-refractivity contribution in [3.05, 3.63) is 68.4 Å². The van der Waals surface area contributed by atoms with Gasteiger partial charge in [0.2, 0.25) is 16.1 Å². The summed E-state index contributed by atoms with van der Waals surface area (Å²) in [6.07, 6.45) is -5.40. The van der Waals surface area contributed by atoms with Gasteiger partial charge in [0.15, 0.2) is 4.90 Å². The van der Waals surface area contributed by atoms with Gasteiger partial charge in [0.1, 0.15) is 11.9 Å². The number of nitrogens with one attached hydrogen (secondary N) is 1. The Bertz CT molecular complexity index is 1130. The Labute approximate surface area is 184 Å². The van der Waals surface area contributed by atoms with Crippen molar-refractivity contribution in [1.29, 1.82) is 5.26 Å². The zero-order valence-electron chi connectivity index (χ0n) is 15.8. The van der Waals surface area contributed by atoms with Gasteiger partial charge in [-0.05, 0) is 31.2 Å². The molecule has 2 rings (SSSR count). The molecule has 0 radical (unpaired) electrons. The smallest absolute Gasteiger partial charge is 0.289 e. The van der Waals surface area contributed by atoms with Crippen molar-refractivity contribution in [3.8, 4) is 6.07 Å². The molecular formula is C18H15BrF3N3O5S. The number of halogens is 4. The molecule has 0 saturated carbocycles. The number of ether oxygens (including phenoxy) is 1. The molecule has 8 nitrogen and oxygen atoms in total. The molecule has 0 amide bonds. The van der Waals surface area contributed by atoms with Crippen molar-refractivity contribution in [3.63, 3.8) is 0 Å². The monoisotopic (exact) mass is 521 g/mol. The Kier molecular flexibility index (Phi) is 7.77. The van der Waals surface area contributed by atoms with E-state index in [0.29, 0.717) is 4.47 Å². The normalized spacial score (nSPS) is 14.6. The van der Waals surface area contributed by atoms with E-state index in [2.05, 4.69) is 20.7 Å². The largest absolute Gasteiger partial charge is 0.355 e. The maximum Gasteiger partial charge on any atom is 0.289 e. The minimum atomic E-state index is -4.67. The van der Waals surface area contributed by atoms with Crippen molar-refractivity contribution in [2.75, 3.05) is 6.61 Å². The average molecular weight is 522 g/mol. The summed E-state index contributed by atoms with van der Waals surface area (Å²) in [6.45, 7) is 0.271. The van der Waals surface area contributed by atoms with E-state index in [0.717, 1.165) is 25.1 Å². The number of nitro benzene ring substituents is 1. The van der Waals surface area contributed by atoms with E-state index >= 15 is 0 Å². The van der Waals surface area contributed by atoms with Gasteiger partial charge < -0.3 is 4.74 Å². The molecule has 2 aromatic rings. The molecule has 0 heterocycles. The Morgan fingerprint density at radius 2 is 1.97 bits per heavy atom. The van der Waals surface area contributed by atoms with Crippen LogP contribution in [0.4, 0.5) is 18.9 Å². The lowest BCUT2D eigenvalue weighted by Gasteiger charge is -2.32. The summed E-state index contributed by atoms with van der Waals surface area (Å²) >= 11 is 3.11. The lowest BCUT2D eigenvalue weighted by Crippen LogP contribution is -2.48. The van der Waals surface area contributed by atoms with E-state index < -0.39 is 56.0 Å². The summed E-state index contributed by atoms with van der Waals surface area (Å²) in [7, 11) is -4.67. The highest BCUT2D eigenvalue weighted by atomic mass is 79.9. The first kappa shape index (κ1) is 24.7. The number of alkyl halides is 2. The number of nitriles is 1. The van der Waals surface area contributed by atoms with Crippen LogP contribution in [-0.2, 0) is 20.3 Å². The fraction of sp³-hybridized carbons (Fsp3) is 0.278. The van der Waals surface area contributed by atoms with Crippen molar-refractivity contribution in [2.24, 2.45) is 0 Å². The summed E-state index contributed by atoms with van der Waals surface area (Å²) in [5.74, 6) is -0.898. The Morgan fingerprint density at radius 1 is 1.32 bits per heavy atom. The first-order valence-electron chi connectivity index (χ1n) is 8.43. The molecule has 1 N–H and O–H groups in total. The third kappa shape index (κ3) is 5.79. The van der Waals surface area contributed by atoms with Gasteiger partial charge in [0, 0.05) is 16.1 Å². The molecule has 2 aromatic carbocycles. The molecule has 0 fully saturated rings. The highest BCUT2D eigenvalue weighted by Crippen LogP contribution is 2.31. The van der Waals surface area contributed by atoms with Gasteiger partial charge in [0.05, 0.1) is 17.1 Å². The summed E-state index contributed by atoms with van der Waals surface area (Å²) in [6, 6.07) is 9.20. The van der Waals surface area contributed by atoms with Gasteiger partial charge in [-0.2, -0.15) is 9.98 Å². The second kappa shape index (κ2) is 9.73. The number of benzene rings is 2. The number of sulfonamides is 1. The molecule has 0 spiro atoms. The first-order valence-corrected chi connectivity index (χ1v) is 10.7. The van der Waals surface area contributed by atoms with E-state index in [4.69, 9.17) is 10.00 Å². The predicted molar refractivity (Wildman–Crippen MR) is 106 cm³/mol. The SMILES string of the molecule is CC(COC(C#N)C(F)F)(NS(=O)(=O)c1ccccc1[N+](=O)[O-])c1cc(Br)ccc1F. The quantitative estimate of drug-likeness (QED) is 0.394. The standard InChI is InChI=1S/C18H15BrF3N3O5S/c1-18(10-30-15(9-23)17(21)22,12-8-11(19)6-7-13(12)20)24-31(28,29)16-5-3-2-4-14(16)25(26)27/h2-8,15,17,24H,10H2,1H3. The molecule has 0 aromatic heterocycles. The summed E-state index contributed by atoms with van der Waals surface area (Å²) in [5, 5.41) is 20.1. The van der Waals surface area contributed by atoms with Crippen LogP contribution in [0.5, 0.6) is 0 Å². The Balaban J connectivity index is 2.57.